The van der Waals surface area contributed by atoms with Gasteiger partial charge in [0.05, 0.1) is 18.4 Å². The number of nitrogens with zero attached hydrogens (tertiary/aromatic N) is 1. The van der Waals surface area contributed by atoms with Crippen molar-refractivity contribution in [1.29, 1.82) is 5.41 Å². The van der Waals surface area contributed by atoms with Crippen LogP contribution in [0.4, 0.5) is 0 Å². The molecule has 0 atom stereocenters. The monoisotopic (exact) mass is 274 g/mol. The molecule has 104 valence electrons. The quantitative estimate of drug-likeness (QED) is 0.644. The first-order valence-electron chi connectivity index (χ1n) is 6.07. The number of pyridine rings is 1. The summed E-state index contributed by atoms with van der Waals surface area (Å²) in [5.74, 6) is 0.327. The number of nitrogens with one attached hydrogen (secondary N) is 1. The van der Waals surface area contributed by atoms with Crippen LogP contribution in [0, 0.1) is 5.41 Å². The van der Waals surface area contributed by atoms with Crippen LogP contribution in [0.1, 0.15) is 18.2 Å². The normalized spacial score (nSPS) is 10.1. The molecule has 2 heterocycles. The van der Waals surface area contributed by atoms with Gasteiger partial charge in [0, 0.05) is 12.4 Å². The van der Waals surface area contributed by atoms with Crippen LogP contribution in [-0.4, -0.2) is 23.3 Å². The van der Waals surface area contributed by atoms with E-state index in [0.29, 0.717) is 11.5 Å². The Hall–Kier alpha value is -2.63. The van der Waals surface area contributed by atoms with Crippen LogP contribution in [0.25, 0.3) is 0 Å². The number of carbonyl (C=O) groups excluding carboxylic acids is 1. The van der Waals surface area contributed by atoms with E-state index in [1.54, 1.807) is 31.4 Å². The first-order chi connectivity index (χ1) is 9.72. The van der Waals surface area contributed by atoms with E-state index in [1.165, 1.54) is 12.4 Å². The Kier molecular flexibility index (Phi) is 4.49. The molecule has 0 radical (unpaired) electrons. The average molecular weight is 274 g/mol. The summed E-state index contributed by atoms with van der Waals surface area (Å²) < 4.78 is 15.5. The van der Waals surface area contributed by atoms with Gasteiger partial charge in [-0.15, -0.1) is 0 Å². The largest absolute Gasteiger partial charge is 0.485 e. The van der Waals surface area contributed by atoms with E-state index >= 15 is 0 Å². The van der Waals surface area contributed by atoms with Gasteiger partial charge in [0.25, 0.3) is 0 Å². The van der Waals surface area contributed by atoms with Crippen LogP contribution in [-0.2, 0) is 16.1 Å². The van der Waals surface area contributed by atoms with Crippen molar-refractivity contribution >= 4 is 11.7 Å². The first kappa shape index (κ1) is 13.8. The lowest BCUT2D eigenvalue weighted by Crippen LogP contribution is -2.18. The van der Waals surface area contributed by atoms with Crippen LogP contribution >= 0.6 is 0 Å². The number of furan rings is 1. The number of rotatable bonds is 6. The summed E-state index contributed by atoms with van der Waals surface area (Å²) in [7, 11) is 0. The van der Waals surface area contributed by atoms with E-state index < -0.39 is 5.97 Å². The second kappa shape index (κ2) is 6.51. The molecule has 0 fully saturated rings. The summed E-state index contributed by atoms with van der Waals surface area (Å²) in [5.41, 5.74) is 0.00639. The number of carbonyl (C=O) groups is 1. The van der Waals surface area contributed by atoms with Crippen molar-refractivity contribution in [1.82, 2.24) is 4.98 Å². The molecule has 2 rings (SSSR count). The zero-order valence-corrected chi connectivity index (χ0v) is 11.0. The smallest absolute Gasteiger partial charge is 0.357 e. The maximum absolute atomic E-state index is 11.6. The van der Waals surface area contributed by atoms with Gasteiger partial charge in [-0.1, -0.05) is 0 Å². The lowest BCUT2D eigenvalue weighted by atomic mass is 10.1. The van der Waals surface area contributed by atoms with Gasteiger partial charge in [-0.3, -0.25) is 10.4 Å². The predicted molar refractivity (Wildman–Crippen MR) is 70.7 cm³/mol. The third kappa shape index (κ3) is 3.23. The van der Waals surface area contributed by atoms with Crippen molar-refractivity contribution in [3.8, 4) is 5.75 Å². The molecule has 0 spiro atoms. The molecule has 6 nitrogen and oxygen atoms in total. The van der Waals surface area contributed by atoms with Crippen LogP contribution in [0.3, 0.4) is 0 Å². The summed E-state index contributed by atoms with van der Waals surface area (Å²) in [6.45, 7) is 2.10. The molecule has 2 aromatic heterocycles. The highest BCUT2D eigenvalue weighted by Gasteiger charge is 2.18. The Labute approximate surface area is 115 Å². The number of hydrogen-bond donors (Lipinski definition) is 1. The molecular formula is C14H14N2O4. The molecule has 1 N–H and O–H groups in total. The van der Waals surface area contributed by atoms with E-state index in [0.717, 1.165) is 0 Å². The number of ether oxygens (including phenoxy) is 2. The zero-order valence-electron chi connectivity index (χ0n) is 11.0. The summed E-state index contributed by atoms with van der Waals surface area (Å²) >= 11 is 0. The average Bonchev–Trinajstić information content (AvgIpc) is 2.98. The van der Waals surface area contributed by atoms with Gasteiger partial charge < -0.3 is 13.9 Å². The Morgan fingerprint density at radius 3 is 3.00 bits per heavy atom. The number of esters is 1. The van der Waals surface area contributed by atoms with E-state index in [-0.39, 0.29) is 24.5 Å². The van der Waals surface area contributed by atoms with Crippen molar-refractivity contribution in [3.05, 3.63) is 48.2 Å². The molecule has 20 heavy (non-hydrogen) atoms. The van der Waals surface area contributed by atoms with Crippen molar-refractivity contribution in [2.45, 2.75) is 13.5 Å². The molecule has 0 saturated heterocycles. The van der Waals surface area contributed by atoms with Gasteiger partial charge in [-0.05, 0) is 25.1 Å². The highest BCUT2D eigenvalue weighted by atomic mass is 16.5. The lowest BCUT2D eigenvalue weighted by molar-refractivity contribution is -0.135. The summed E-state index contributed by atoms with van der Waals surface area (Å²) in [6, 6.07) is 5.12. The summed E-state index contributed by atoms with van der Waals surface area (Å²) in [4.78, 5) is 15.5. The van der Waals surface area contributed by atoms with Gasteiger partial charge in [0.2, 0.25) is 0 Å². The lowest BCUT2D eigenvalue weighted by Gasteiger charge is -2.10. The van der Waals surface area contributed by atoms with Crippen LogP contribution in [0.2, 0.25) is 0 Å². The summed E-state index contributed by atoms with van der Waals surface area (Å²) in [6.07, 6.45) is 4.48. The van der Waals surface area contributed by atoms with E-state index in [9.17, 15) is 4.79 Å². The van der Waals surface area contributed by atoms with Gasteiger partial charge in [-0.25, -0.2) is 4.79 Å². The predicted octanol–water partition coefficient (Wildman–Crippen LogP) is 2.18. The standard InChI is InChI=1S/C14H14N2O4/c1-2-18-14(17)13(15)11-8-16-6-5-12(11)20-9-10-4-3-7-19-10/h3-8,15H,2,9H2,1H3. The SMILES string of the molecule is CCOC(=O)C(=N)c1cnccc1OCc1ccco1. The second-order valence-electron chi connectivity index (χ2n) is 3.84. The van der Waals surface area contributed by atoms with Crippen LogP contribution in [0.15, 0.2) is 41.3 Å². The van der Waals surface area contributed by atoms with Gasteiger partial charge >= 0.3 is 5.97 Å². The van der Waals surface area contributed by atoms with Crippen molar-refractivity contribution < 1.29 is 18.7 Å². The van der Waals surface area contributed by atoms with Crippen molar-refractivity contribution in [2.24, 2.45) is 0 Å². The third-order valence-electron chi connectivity index (χ3n) is 2.48. The highest BCUT2D eigenvalue weighted by molar-refractivity contribution is 6.42. The highest BCUT2D eigenvalue weighted by Crippen LogP contribution is 2.19. The Morgan fingerprint density at radius 1 is 1.45 bits per heavy atom. The minimum atomic E-state index is -0.705. The number of aromatic nitrogens is 1. The third-order valence-corrected chi connectivity index (χ3v) is 2.48. The molecular weight excluding hydrogens is 260 g/mol. The fourth-order valence-electron chi connectivity index (χ4n) is 1.55. The Morgan fingerprint density at radius 2 is 2.30 bits per heavy atom. The molecule has 0 saturated carbocycles. The van der Waals surface area contributed by atoms with Crippen LogP contribution in [0.5, 0.6) is 5.75 Å². The van der Waals surface area contributed by atoms with E-state index in [1.807, 2.05) is 0 Å². The Balaban J connectivity index is 2.13. The molecule has 0 bridgehead atoms. The van der Waals surface area contributed by atoms with Crippen LogP contribution < -0.4 is 4.74 Å². The fourth-order valence-corrected chi connectivity index (χ4v) is 1.55. The van der Waals surface area contributed by atoms with Gasteiger partial charge in [-0.2, -0.15) is 0 Å². The van der Waals surface area contributed by atoms with Crippen molar-refractivity contribution in [2.75, 3.05) is 6.61 Å². The molecule has 0 unspecified atom stereocenters. The molecule has 2 aromatic rings. The second-order valence-corrected chi connectivity index (χ2v) is 3.84. The fraction of sp³-hybridized carbons (Fsp3) is 0.214. The molecule has 0 aromatic carbocycles. The zero-order chi connectivity index (χ0) is 14.4. The first-order valence-corrected chi connectivity index (χ1v) is 6.07. The Bertz CT molecular complexity index is 593. The molecule has 0 aliphatic carbocycles. The minimum absolute atomic E-state index is 0.208. The molecule has 0 aliphatic rings. The van der Waals surface area contributed by atoms with Gasteiger partial charge in [0.1, 0.15) is 18.1 Å². The van der Waals surface area contributed by atoms with E-state index in [4.69, 9.17) is 19.3 Å². The topological polar surface area (TPSA) is 85.4 Å². The maximum atomic E-state index is 11.6. The number of hydrogen-bond acceptors (Lipinski definition) is 6. The summed E-state index contributed by atoms with van der Waals surface area (Å²) in [5, 5.41) is 7.81. The van der Waals surface area contributed by atoms with Crippen molar-refractivity contribution in [3.63, 3.8) is 0 Å². The van der Waals surface area contributed by atoms with E-state index in [2.05, 4.69) is 4.98 Å². The molecule has 0 aliphatic heterocycles. The molecule has 0 amide bonds. The van der Waals surface area contributed by atoms with Gasteiger partial charge in [0.15, 0.2) is 5.71 Å². The molecule has 6 heteroatoms. The minimum Gasteiger partial charge on any atom is -0.485 e. The maximum Gasteiger partial charge on any atom is 0.357 e.